The lowest BCUT2D eigenvalue weighted by Crippen LogP contribution is -2.32. The Morgan fingerprint density at radius 2 is 1.11 bits per heavy atom. The summed E-state index contributed by atoms with van der Waals surface area (Å²) in [5.41, 5.74) is 2.88. The van der Waals surface area contributed by atoms with Gasteiger partial charge in [-0.05, 0) is 53.2 Å². The van der Waals surface area contributed by atoms with Gasteiger partial charge in [0.05, 0.1) is 26.7 Å². The Morgan fingerprint density at radius 1 is 0.679 bits per heavy atom. The maximum absolute atomic E-state index is 5.53. The maximum Gasteiger partial charge on any atom is 0.160 e. The van der Waals surface area contributed by atoms with Gasteiger partial charge >= 0.3 is 0 Å². The quantitative estimate of drug-likeness (QED) is 0.397. The van der Waals surface area contributed by atoms with E-state index < -0.39 is 5.41 Å². The summed E-state index contributed by atoms with van der Waals surface area (Å²) in [5, 5.41) is 0.551. The third kappa shape index (κ3) is 3.87. The predicted octanol–water partition coefficient (Wildman–Crippen LogP) is 5.40. The second-order valence-corrected chi connectivity index (χ2v) is 6.94. The number of ether oxygens (including phenoxy) is 3. The Hall–Kier alpha value is -2.85. The van der Waals surface area contributed by atoms with E-state index in [2.05, 4.69) is 36.4 Å². The monoisotopic (exact) mass is 392 g/mol. The zero-order valence-electron chi connectivity index (χ0n) is 16.3. The second-order valence-electron chi connectivity index (χ2n) is 6.48. The molecule has 3 nitrogen and oxygen atoms in total. The van der Waals surface area contributed by atoms with Gasteiger partial charge in [0.15, 0.2) is 5.05 Å². The minimum absolute atomic E-state index is 0.493. The molecule has 0 aromatic heterocycles. The first kappa shape index (κ1) is 19.9. The van der Waals surface area contributed by atoms with Crippen LogP contribution < -0.4 is 9.47 Å². The number of methoxy groups -OCH3 is 3. The molecular weight excluding hydrogens is 368 g/mol. The molecule has 0 aliphatic rings. The van der Waals surface area contributed by atoms with Gasteiger partial charge in [-0.1, -0.05) is 54.6 Å². The van der Waals surface area contributed by atoms with Gasteiger partial charge in [-0.2, -0.15) is 0 Å². The number of thiocarbonyl (C=S) groups is 1. The smallest absolute Gasteiger partial charge is 0.160 e. The van der Waals surface area contributed by atoms with Crippen molar-refractivity contribution in [3.05, 3.63) is 95.6 Å². The largest absolute Gasteiger partial charge is 0.497 e. The van der Waals surface area contributed by atoms with E-state index >= 15 is 0 Å². The Morgan fingerprint density at radius 3 is 1.50 bits per heavy atom. The summed E-state index contributed by atoms with van der Waals surface area (Å²) in [6.07, 6.45) is 0.543. The van der Waals surface area contributed by atoms with Crippen LogP contribution in [0, 0.1) is 0 Å². The normalized spacial score (nSPS) is 11.0. The molecule has 3 aromatic carbocycles. The van der Waals surface area contributed by atoms with Crippen molar-refractivity contribution in [2.45, 2.75) is 11.8 Å². The van der Waals surface area contributed by atoms with Crippen molar-refractivity contribution in [2.24, 2.45) is 0 Å². The van der Waals surface area contributed by atoms with Gasteiger partial charge in [0, 0.05) is 6.42 Å². The van der Waals surface area contributed by atoms with Crippen LogP contribution in [-0.2, 0) is 10.2 Å². The Labute approximate surface area is 171 Å². The Kier molecular flexibility index (Phi) is 6.32. The summed E-state index contributed by atoms with van der Waals surface area (Å²) >= 11 is 5.53. The fourth-order valence-electron chi connectivity index (χ4n) is 3.57. The SMILES string of the molecule is COC(=S)CC(c1ccccc1)(c1ccc(OC)cc1)c1ccc(OC)cc1. The molecule has 3 rings (SSSR count). The van der Waals surface area contributed by atoms with Crippen LogP contribution in [-0.4, -0.2) is 26.4 Å². The molecule has 0 aliphatic carbocycles. The third-order valence-electron chi connectivity index (χ3n) is 5.07. The first-order valence-corrected chi connectivity index (χ1v) is 9.46. The average molecular weight is 393 g/mol. The maximum atomic E-state index is 5.53. The van der Waals surface area contributed by atoms with Gasteiger partial charge in [-0.25, -0.2) is 0 Å². The van der Waals surface area contributed by atoms with Gasteiger partial charge in [0.1, 0.15) is 11.5 Å². The van der Waals surface area contributed by atoms with E-state index in [1.165, 1.54) is 0 Å². The lowest BCUT2D eigenvalue weighted by molar-refractivity contribution is 0.390. The molecule has 0 saturated heterocycles. The van der Waals surface area contributed by atoms with Crippen LogP contribution in [0.4, 0.5) is 0 Å². The summed E-state index contributed by atoms with van der Waals surface area (Å²) < 4.78 is 16.2. The van der Waals surface area contributed by atoms with E-state index in [-0.39, 0.29) is 0 Å². The van der Waals surface area contributed by atoms with Crippen LogP contribution in [0.1, 0.15) is 23.1 Å². The molecule has 0 amide bonds. The van der Waals surface area contributed by atoms with Gasteiger partial charge < -0.3 is 14.2 Å². The van der Waals surface area contributed by atoms with Gasteiger partial charge in [0.25, 0.3) is 0 Å². The minimum atomic E-state index is -0.493. The zero-order chi connectivity index (χ0) is 20.0. The lowest BCUT2D eigenvalue weighted by atomic mass is 9.67. The van der Waals surface area contributed by atoms with E-state index in [0.717, 1.165) is 28.2 Å². The van der Waals surface area contributed by atoms with Crippen LogP contribution in [0.5, 0.6) is 11.5 Å². The highest BCUT2D eigenvalue weighted by atomic mass is 32.1. The summed E-state index contributed by atoms with van der Waals surface area (Å²) in [4.78, 5) is 0. The van der Waals surface area contributed by atoms with Crippen molar-refractivity contribution in [3.8, 4) is 11.5 Å². The first-order valence-electron chi connectivity index (χ1n) is 9.05. The van der Waals surface area contributed by atoms with Crippen molar-refractivity contribution < 1.29 is 14.2 Å². The highest BCUT2D eigenvalue weighted by Crippen LogP contribution is 2.43. The molecule has 0 saturated carbocycles. The van der Waals surface area contributed by atoms with E-state index in [4.69, 9.17) is 26.4 Å². The topological polar surface area (TPSA) is 27.7 Å². The molecule has 0 bridgehead atoms. The van der Waals surface area contributed by atoms with Crippen molar-refractivity contribution in [1.82, 2.24) is 0 Å². The van der Waals surface area contributed by atoms with E-state index in [9.17, 15) is 0 Å². The number of benzene rings is 3. The average Bonchev–Trinajstić information content (AvgIpc) is 2.78. The lowest BCUT2D eigenvalue weighted by Gasteiger charge is -2.36. The molecule has 0 aliphatic heterocycles. The summed E-state index contributed by atoms with van der Waals surface area (Å²) in [6.45, 7) is 0. The van der Waals surface area contributed by atoms with E-state index in [1.807, 2.05) is 42.5 Å². The van der Waals surface area contributed by atoms with Crippen LogP contribution in [0.3, 0.4) is 0 Å². The number of hydrogen-bond donors (Lipinski definition) is 0. The highest BCUT2D eigenvalue weighted by molar-refractivity contribution is 7.80. The van der Waals surface area contributed by atoms with E-state index in [1.54, 1.807) is 21.3 Å². The standard InChI is InChI=1S/C24H24O3S/c1-25-21-13-9-19(10-14-21)24(17-23(28)27-3,18-7-5-4-6-8-18)20-11-15-22(26-2)16-12-20/h4-16H,17H2,1-3H3. The molecule has 144 valence electrons. The number of rotatable bonds is 7. The fourth-order valence-corrected chi connectivity index (χ4v) is 3.79. The summed E-state index contributed by atoms with van der Waals surface area (Å²) in [5.74, 6) is 1.63. The summed E-state index contributed by atoms with van der Waals surface area (Å²) in [7, 11) is 4.96. The fraction of sp³-hybridized carbons (Fsp3) is 0.208. The minimum Gasteiger partial charge on any atom is -0.497 e. The third-order valence-corrected chi connectivity index (χ3v) is 5.38. The van der Waals surface area contributed by atoms with Crippen LogP contribution in [0.2, 0.25) is 0 Å². The van der Waals surface area contributed by atoms with Gasteiger partial charge in [0.2, 0.25) is 0 Å². The molecule has 0 heterocycles. The first-order chi connectivity index (χ1) is 13.6. The van der Waals surface area contributed by atoms with Crippen molar-refractivity contribution in [2.75, 3.05) is 21.3 Å². The van der Waals surface area contributed by atoms with Crippen LogP contribution in [0.25, 0.3) is 0 Å². The molecule has 0 radical (unpaired) electrons. The van der Waals surface area contributed by atoms with Crippen molar-refractivity contribution >= 4 is 17.3 Å². The van der Waals surface area contributed by atoms with Gasteiger partial charge in [-0.15, -0.1) is 0 Å². The molecular formula is C24H24O3S. The second kappa shape index (κ2) is 8.89. The molecule has 0 fully saturated rings. The Balaban J connectivity index is 2.27. The molecule has 0 atom stereocenters. The zero-order valence-corrected chi connectivity index (χ0v) is 17.2. The molecule has 4 heteroatoms. The molecule has 28 heavy (non-hydrogen) atoms. The summed E-state index contributed by atoms with van der Waals surface area (Å²) in [6, 6.07) is 26.7. The highest BCUT2D eigenvalue weighted by Gasteiger charge is 2.38. The molecule has 3 aromatic rings. The Bertz CT molecular complexity index is 855. The molecule has 0 N–H and O–H groups in total. The van der Waals surface area contributed by atoms with Gasteiger partial charge in [-0.3, -0.25) is 0 Å². The van der Waals surface area contributed by atoms with Crippen molar-refractivity contribution in [3.63, 3.8) is 0 Å². The predicted molar refractivity (Wildman–Crippen MR) is 117 cm³/mol. The van der Waals surface area contributed by atoms with Crippen LogP contribution in [0.15, 0.2) is 78.9 Å². The number of hydrogen-bond acceptors (Lipinski definition) is 4. The molecule has 0 spiro atoms. The van der Waals surface area contributed by atoms with E-state index in [0.29, 0.717) is 11.5 Å². The molecule has 0 unspecified atom stereocenters. The van der Waals surface area contributed by atoms with Crippen molar-refractivity contribution in [1.29, 1.82) is 0 Å². The van der Waals surface area contributed by atoms with Crippen LogP contribution >= 0.6 is 12.2 Å².